The number of hydrogen-bond acceptors (Lipinski definition) is 3. The highest BCUT2D eigenvalue weighted by Crippen LogP contribution is 2.32. The topological polar surface area (TPSA) is 42.1 Å². The van der Waals surface area contributed by atoms with Gasteiger partial charge in [0.05, 0.1) is 0 Å². The van der Waals surface area contributed by atoms with Gasteiger partial charge in [-0.25, -0.2) is 4.98 Å². The summed E-state index contributed by atoms with van der Waals surface area (Å²) < 4.78 is 0. The molecule has 1 saturated heterocycles. The average Bonchev–Trinajstić information content (AvgIpc) is 2.27. The number of aryl methyl sites for hydroxylation is 1. The molecule has 0 aromatic carbocycles. The molecule has 0 spiro atoms. The molecule has 0 saturated carbocycles. The first-order valence-electron chi connectivity index (χ1n) is 6.43. The molecule has 0 amide bonds. The van der Waals surface area contributed by atoms with Gasteiger partial charge < -0.3 is 10.6 Å². The molecule has 2 heterocycles. The predicted molar refractivity (Wildman–Crippen MR) is 72.1 cm³/mol. The molecule has 17 heavy (non-hydrogen) atoms. The standard InChI is InChI=1S/C14H23N3/c1-11-5-6-12(9-15)13(16-11)17-8-4-7-14(2,3)10-17/h5-6H,4,7-10,15H2,1-3H3. The third-order valence-corrected chi connectivity index (χ3v) is 3.52. The van der Waals surface area contributed by atoms with Crippen molar-refractivity contribution < 1.29 is 0 Å². The van der Waals surface area contributed by atoms with Gasteiger partial charge in [0.1, 0.15) is 5.82 Å². The fraction of sp³-hybridized carbons (Fsp3) is 0.643. The van der Waals surface area contributed by atoms with Crippen molar-refractivity contribution in [3.05, 3.63) is 23.4 Å². The fourth-order valence-electron chi connectivity index (χ4n) is 2.61. The fourth-order valence-corrected chi connectivity index (χ4v) is 2.61. The monoisotopic (exact) mass is 233 g/mol. The van der Waals surface area contributed by atoms with Gasteiger partial charge in [-0.3, -0.25) is 0 Å². The molecule has 1 aliphatic heterocycles. The summed E-state index contributed by atoms with van der Waals surface area (Å²) in [6.45, 7) is 9.45. The minimum Gasteiger partial charge on any atom is -0.356 e. The molecule has 1 aromatic rings. The van der Waals surface area contributed by atoms with Crippen molar-refractivity contribution in [2.24, 2.45) is 11.1 Å². The molecule has 0 atom stereocenters. The molecule has 0 aliphatic carbocycles. The van der Waals surface area contributed by atoms with Crippen LogP contribution in [-0.2, 0) is 6.54 Å². The second-order valence-electron chi connectivity index (χ2n) is 5.83. The summed E-state index contributed by atoms with van der Waals surface area (Å²) in [5.41, 5.74) is 8.42. The van der Waals surface area contributed by atoms with Gasteiger partial charge in [-0.05, 0) is 31.2 Å². The van der Waals surface area contributed by atoms with Crippen LogP contribution >= 0.6 is 0 Å². The zero-order chi connectivity index (χ0) is 12.5. The van der Waals surface area contributed by atoms with E-state index < -0.39 is 0 Å². The van der Waals surface area contributed by atoms with Gasteiger partial charge in [0.25, 0.3) is 0 Å². The van der Waals surface area contributed by atoms with E-state index >= 15 is 0 Å². The molecule has 0 bridgehead atoms. The van der Waals surface area contributed by atoms with E-state index in [9.17, 15) is 0 Å². The summed E-state index contributed by atoms with van der Waals surface area (Å²) in [6.07, 6.45) is 2.54. The summed E-state index contributed by atoms with van der Waals surface area (Å²) in [7, 11) is 0. The number of rotatable bonds is 2. The molecular weight excluding hydrogens is 210 g/mol. The Balaban J connectivity index is 2.29. The van der Waals surface area contributed by atoms with Gasteiger partial charge >= 0.3 is 0 Å². The molecule has 94 valence electrons. The molecule has 1 aliphatic rings. The Hall–Kier alpha value is -1.09. The molecule has 0 radical (unpaired) electrons. The largest absolute Gasteiger partial charge is 0.356 e. The second-order valence-corrected chi connectivity index (χ2v) is 5.83. The first-order valence-corrected chi connectivity index (χ1v) is 6.43. The van der Waals surface area contributed by atoms with Crippen LogP contribution in [0.3, 0.4) is 0 Å². The van der Waals surface area contributed by atoms with E-state index in [-0.39, 0.29) is 0 Å². The number of nitrogens with zero attached hydrogens (tertiary/aromatic N) is 2. The zero-order valence-electron chi connectivity index (χ0n) is 11.2. The van der Waals surface area contributed by atoms with E-state index in [0.717, 1.165) is 30.2 Å². The van der Waals surface area contributed by atoms with Crippen molar-refractivity contribution >= 4 is 5.82 Å². The maximum atomic E-state index is 5.81. The van der Waals surface area contributed by atoms with Gasteiger partial charge in [0, 0.05) is 30.9 Å². The Bertz CT molecular complexity index is 398. The first kappa shape index (κ1) is 12.4. The number of pyridine rings is 1. The van der Waals surface area contributed by atoms with Crippen LogP contribution in [0.4, 0.5) is 5.82 Å². The van der Waals surface area contributed by atoms with Crippen LogP contribution in [-0.4, -0.2) is 18.1 Å². The molecule has 0 unspecified atom stereocenters. The second kappa shape index (κ2) is 4.65. The van der Waals surface area contributed by atoms with Crippen LogP contribution in [0.15, 0.2) is 12.1 Å². The van der Waals surface area contributed by atoms with E-state index in [1.165, 1.54) is 12.8 Å². The number of hydrogen-bond donors (Lipinski definition) is 1. The molecule has 1 fully saturated rings. The normalized spacial score (nSPS) is 19.4. The number of piperidine rings is 1. The lowest BCUT2D eigenvalue weighted by molar-refractivity contribution is 0.291. The van der Waals surface area contributed by atoms with Crippen molar-refractivity contribution in [1.82, 2.24) is 4.98 Å². The SMILES string of the molecule is Cc1ccc(CN)c(N2CCCC(C)(C)C2)n1. The molecular formula is C14H23N3. The van der Waals surface area contributed by atoms with Crippen LogP contribution in [0.5, 0.6) is 0 Å². The Kier molecular flexibility index (Phi) is 3.38. The summed E-state index contributed by atoms with van der Waals surface area (Å²) in [5, 5.41) is 0. The Labute approximate surface area is 104 Å². The summed E-state index contributed by atoms with van der Waals surface area (Å²) >= 11 is 0. The summed E-state index contributed by atoms with van der Waals surface area (Å²) in [5.74, 6) is 1.10. The minimum absolute atomic E-state index is 0.384. The summed E-state index contributed by atoms with van der Waals surface area (Å²) in [4.78, 5) is 7.08. The molecule has 3 heteroatoms. The highest BCUT2D eigenvalue weighted by Gasteiger charge is 2.27. The highest BCUT2D eigenvalue weighted by molar-refractivity contribution is 5.48. The molecule has 3 nitrogen and oxygen atoms in total. The maximum absolute atomic E-state index is 5.81. The van der Waals surface area contributed by atoms with E-state index in [1.54, 1.807) is 0 Å². The van der Waals surface area contributed by atoms with Gasteiger partial charge in [0.2, 0.25) is 0 Å². The van der Waals surface area contributed by atoms with Crippen LogP contribution in [0, 0.1) is 12.3 Å². The van der Waals surface area contributed by atoms with Gasteiger partial charge in [-0.1, -0.05) is 19.9 Å². The van der Waals surface area contributed by atoms with E-state index in [1.807, 2.05) is 13.0 Å². The lowest BCUT2D eigenvalue weighted by Gasteiger charge is -2.39. The predicted octanol–water partition coefficient (Wildman–Crippen LogP) is 2.48. The van der Waals surface area contributed by atoms with Gasteiger partial charge in [-0.15, -0.1) is 0 Å². The van der Waals surface area contributed by atoms with Crippen molar-refractivity contribution in [2.45, 2.75) is 40.2 Å². The zero-order valence-corrected chi connectivity index (χ0v) is 11.2. The first-order chi connectivity index (χ1) is 8.02. The molecule has 2 rings (SSSR count). The van der Waals surface area contributed by atoms with Crippen molar-refractivity contribution in [1.29, 1.82) is 0 Å². The number of aromatic nitrogens is 1. The molecule has 2 N–H and O–H groups in total. The van der Waals surface area contributed by atoms with Crippen LogP contribution in [0.2, 0.25) is 0 Å². The maximum Gasteiger partial charge on any atom is 0.133 e. The smallest absolute Gasteiger partial charge is 0.133 e. The van der Waals surface area contributed by atoms with Crippen LogP contribution < -0.4 is 10.6 Å². The van der Waals surface area contributed by atoms with Crippen LogP contribution in [0.25, 0.3) is 0 Å². The lowest BCUT2D eigenvalue weighted by Crippen LogP contribution is -2.41. The van der Waals surface area contributed by atoms with Crippen molar-refractivity contribution in [3.63, 3.8) is 0 Å². The Morgan fingerprint density at radius 2 is 2.18 bits per heavy atom. The third-order valence-electron chi connectivity index (χ3n) is 3.52. The Morgan fingerprint density at radius 1 is 1.41 bits per heavy atom. The van der Waals surface area contributed by atoms with E-state index in [0.29, 0.717) is 12.0 Å². The van der Waals surface area contributed by atoms with E-state index in [2.05, 4.69) is 29.8 Å². The summed E-state index contributed by atoms with van der Waals surface area (Å²) in [6, 6.07) is 4.15. The van der Waals surface area contributed by atoms with E-state index in [4.69, 9.17) is 5.73 Å². The Morgan fingerprint density at radius 3 is 2.82 bits per heavy atom. The minimum atomic E-state index is 0.384. The van der Waals surface area contributed by atoms with Gasteiger partial charge in [0.15, 0.2) is 0 Å². The molecule has 1 aromatic heterocycles. The highest BCUT2D eigenvalue weighted by atomic mass is 15.2. The number of nitrogens with two attached hydrogens (primary N) is 1. The lowest BCUT2D eigenvalue weighted by atomic mass is 9.84. The van der Waals surface area contributed by atoms with Crippen LogP contribution in [0.1, 0.15) is 37.9 Å². The van der Waals surface area contributed by atoms with Gasteiger partial charge in [-0.2, -0.15) is 0 Å². The third kappa shape index (κ3) is 2.78. The average molecular weight is 233 g/mol. The number of anilines is 1. The quantitative estimate of drug-likeness (QED) is 0.853. The van der Waals surface area contributed by atoms with Crippen molar-refractivity contribution in [2.75, 3.05) is 18.0 Å². The van der Waals surface area contributed by atoms with Crippen molar-refractivity contribution in [3.8, 4) is 0 Å².